The summed E-state index contributed by atoms with van der Waals surface area (Å²) in [5.41, 5.74) is 1.56. The van der Waals surface area contributed by atoms with Crippen molar-refractivity contribution in [2.24, 2.45) is 0 Å². The van der Waals surface area contributed by atoms with Crippen molar-refractivity contribution < 1.29 is 9.53 Å². The van der Waals surface area contributed by atoms with E-state index in [1.54, 1.807) is 31.4 Å². The van der Waals surface area contributed by atoms with Crippen LogP contribution in [-0.2, 0) is 0 Å². The lowest BCUT2D eigenvalue weighted by atomic mass is 10.1. The van der Waals surface area contributed by atoms with Gasteiger partial charge >= 0.3 is 0 Å². The Bertz CT molecular complexity index is 558. The Kier molecular flexibility index (Phi) is 3.85. The Labute approximate surface area is 112 Å². The lowest BCUT2D eigenvalue weighted by Gasteiger charge is -2.03. The number of hydrogen-bond donors (Lipinski definition) is 2. The van der Waals surface area contributed by atoms with Gasteiger partial charge in [-0.15, -0.1) is 0 Å². The molecule has 0 fully saturated rings. The molecular weight excluding hydrogens is 242 g/mol. The molecule has 5 heteroatoms. The normalized spacial score (nSPS) is 10.5. The van der Waals surface area contributed by atoms with E-state index < -0.39 is 0 Å². The van der Waals surface area contributed by atoms with Crippen LogP contribution in [-0.4, -0.2) is 23.2 Å². The molecule has 0 saturated heterocycles. The number of aromatic nitrogens is 2. The number of methoxy groups -OCH3 is 1. The average Bonchev–Trinajstić information content (AvgIpc) is 2.87. The van der Waals surface area contributed by atoms with E-state index in [1.807, 2.05) is 6.07 Å². The van der Waals surface area contributed by atoms with E-state index in [0.717, 1.165) is 11.4 Å². The lowest BCUT2D eigenvalue weighted by molar-refractivity contribution is 0.102. The molecule has 2 N–H and O–H groups in total. The Balaban J connectivity index is 2.06. The summed E-state index contributed by atoms with van der Waals surface area (Å²) < 4.78 is 5.05. The number of ether oxygens (including phenoxy) is 1. The van der Waals surface area contributed by atoms with Crippen molar-refractivity contribution >= 4 is 11.7 Å². The zero-order chi connectivity index (χ0) is 13.8. The van der Waals surface area contributed by atoms with Crippen molar-refractivity contribution in [3.8, 4) is 5.75 Å². The number of carbonyl (C=O) groups is 1. The van der Waals surface area contributed by atoms with Crippen LogP contribution < -0.4 is 10.1 Å². The minimum Gasteiger partial charge on any atom is -0.497 e. The first-order valence-corrected chi connectivity index (χ1v) is 6.11. The number of nitrogens with zero attached hydrogens (tertiary/aromatic N) is 1. The zero-order valence-electron chi connectivity index (χ0n) is 11.2. The van der Waals surface area contributed by atoms with Crippen LogP contribution in [0.5, 0.6) is 5.75 Å². The number of rotatable bonds is 4. The summed E-state index contributed by atoms with van der Waals surface area (Å²) in [4.78, 5) is 12.0. The summed E-state index contributed by atoms with van der Waals surface area (Å²) in [6.07, 6.45) is 0. The second-order valence-corrected chi connectivity index (χ2v) is 4.55. The molecule has 5 nitrogen and oxygen atoms in total. The molecule has 0 bridgehead atoms. The molecule has 2 rings (SSSR count). The van der Waals surface area contributed by atoms with Crippen LogP contribution in [0.3, 0.4) is 0 Å². The zero-order valence-corrected chi connectivity index (χ0v) is 11.2. The number of hydrogen-bond acceptors (Lipinski definition) is 3. The maximum absolute atomic E-state index is 12.0. The topological polar surface area (TPSA) is 67.0 Å². The van der Waals surface area contributed by atoms with Gasteiger partial charge in [-0.2, -0.15) is 5.10 Å². The Morgan fingerprint density at radius 1 is 1.32 bits per heavy atom. The van der Waals surface area contributed by atoms with Crippen LogP contribution in [0.1, 0.15) is 35.8 Å². The molecule has 1 amide bonds. The molecule has 0 unspecified atom stereocenters. The molecule has 2 aromatic rings. The van der Waals surface area contributed by atoms with Crippen LogP contribution >= 0.6 is 0 Å². The molecule has 1 heterocycles. The predicted molar refractivity (Wildman–Crippen MR) is 73.6 cm³/mol. The van der Waals surface area contributed by atoms with Gasteiger partial charge in [-0.25, -0.2) is 0 Å². The average molecular weight is 259 g/mol. The molecule has 0 spiro atoms. The van der Waals surface area contributed by atoms with Crippen LogP contribution in [0.4, 0.5) is 5.82 Å². The molecule has 0 atom stereocenters. The molecular formula is C14H17N3O2. The summed E-state index contributed by atoms with van der Waals surface area (Å²) in [6, 6.07) is 8.76. The first kappa shape index (κ1) is 13.1. The van der Waals surface area contributed by atoms with Crippen molar-refractivity contribution in [2.75, 3.05) is 12.4 Å². The van der Waals surface area contributed by atoms with Crippen molar-refractivity contribution in [3.63, 3.8) is 0 Å². The van der Waals surface area contributed by atoms with E-state index in [4.69, 9.17) is 4.74 Å². The van der Waals surface area contributed by atoms with E-state index in [9.17, 15) is 4.79 Å². The van der Waals surface area contributed by atoms with Crippen molar-refractivity contribution in [1.82, 2.24) is 10.2 Å². The fraction of sp³-hybridized carbons (Fsp3) is 0.286. The van der Waals surface area contributed by atoms with Gasteiger partial charge in [-0.05, 0) is 30.2 Å². The van der Waals surface area contributed by atoms with Crippen molar-refractivity contribution in [3.05, 3.63) is 41.6 Å². The van der Waals surface area contributed by atoms with E-state index in [1.165, 1.54) is 0 Å². The highest BCUT2D eigenvalue weighted by molar-refractivity contribution is 6.03. The van der Waals surface area contributed by atoms with Crippen LogP contribution in [0, 0.1) is 0 Å². The Hall–Kier alpha value is -2.30. The fourth-order valence-corrected chi connectivity index (χ4v) is 1.63. The third-order valence-electron chi connectivity index (χ3n) is 2.81. The largest absolute Gasteiger partial charge is 0.497 e. The number of amides is 1. The highest BCUT2D eigenvalue weighted by Gasteiger charge is 2.09. The molecule has 1 aromatic carbocycles. The van der Waals surface area contributed by atoms with Gasteiger partial charge in [0, 0.05) is 17.3 Å². The summed E-state index contributed by atoms with van der Waals surface area (Å²) in [7, 11) is 1.59. The Morgan fingerprint density at radius 3 is 2.53 bits per heavy atom. The van der Waals surface area contributed by atoms with Gasteiger partial charge in [0.25, 0.3) is 5.91 Å². The van der Waals surface area contributed by atoms with Gasteiger partial charge < -0.3 is 10.1 Å². The number of aromatic amines is 1. The third-order valence-corrected chi connectivity index (χ3v) is 2.81. The first-order valence-electron chi connectivity index (χ1n) is 6.11. The summed E-state index contributed by atoms with van der Waals surface area (Å²) in [6.45, 7) is 4.12. The van der Waals surface area contributed by atoms with Gasteiger partial charge in [0.2, 0.25) is 0 Å². The minimum absolute atomic E-state index is 0.190. The Morgan fingerprint density at radius 2 is 2.00 bits per heavy atom. The molecule has 0 aliphatic heterocycles. The summed E-state index contributed by atoms with van der Waals surface area (Å²) in [5, 5.41) is 9.70. The van der Waals surface area contributed by atoms with E-state index in [2.05, 4.69) is 29.4 Å². The molecule has 1 aromatic heterocycles. The molecule has 0 radical (unpaired) electrons. The first-order chi connectivity index (χ1) is 9.10. The van der Waals surface area contributed by atoms with Crippen LogP contribution in [0.25, 0.3) is 0 Å². The molecule has 100 valence electrons. The standard InChI is InChI=1S/C14H17N3O2/c1-9(2)12-8-13(17-16-12)15-14(18)10-4-6-11(19-3)7-5-10/h4-9H,1-3H3,(H2,15,16,17,18). The van der Waals surface area contributed by atoms with Crippen LogP contribution in [0.2, 0.25) is 0 Å². The lowest BCUT2D eigenvalue weighted by Crippen LogP contribution is -2.11. The van der Waals surface area contributed by atoms with Gasteiger partial charge in [0.05, 0.1) is 7.11 Å². The second kappa shape index (κ2) is 5.56. The maximum Gasteiger partial charge on any atom is 0.256 e. The van der Waals surface area contributed by atoms with Crippen LogP contribution in [0.15, 0.2) is 30.3 Å². The number of benzene rings is 1. The number of H-pyrrole nitrogens is 1. The number of carbonyl (C=O) groups excluding carboxylic acids is 1. The molecule has 0 aliphatic carbocycles. The van der Waals surface area contributed by atoms with Gasteiger partial charge in [-0.1, -0.05) is 13.8 Å². The molecule has 0 saturated carbocycles. The second-order valence-electron chi connectivity index (χ2n) is 4.55. The van der Waals surface area contributed by atoms with E-state index in [0.29, 0.717) is 17.3 Å². The van der Waals surface area contributed by atoms with Gasteiger partial charge in [0.1, 0.15) is 5.75 Å². The quantitative estimate of drug-likeness (QED) is 0.887. The predicted octanol–water partition coefficient (Wildman–Crippen LogP) is 2.79. The minimum atomic E-state index is -0.190. The highest BCUT2D eigenvalue weighted by Crippen LogP contribution is 2.16. The fourth-order valence-electron chi connectivity index (χ4n) is 1.63. The van der Waals surface area contributed by atoms with Gasteiger partial charge in [0.15, 0.2) is 5.82 Å². The SMILES string of the molecule is COc1ccc(C(=O)Nc2cc(C(C)C)[nH]n2)cc1. The van der Waals surface area contributed by atoms with Crippen molar-refractivity contribution in [1.29, 1.82) is 0 Å². The van der Waals surface area contributed by atoms with Crippen molar-refractivity contribution in [2.45, 2.75) is 19.8 Å². The number of nitrogens with one attached hydrogen (secondary N) is 2. The summed E-state index contributed by atoms with van der Waals surface area (Å²) in [5.74, 6) is 1.41. The molecule has 0 aliphatic rings. The maximum atomic E-state index is 12.0. The third kappa shape index (κ3) is 3.13. The van der Waals surface area contributed by atoms with E-state index >= 15 is 0 Å². The molecule has 19 heavy (non-hydrogen) atoms. The number of anilines is 1. The monoisotopic (exact) mass is 259 g/mol. The smallest absolute Gasteiger partial charge is 0.256 e. The van der Waals surface area contributed by atoms with Gasteiger partial charge in [-0.3, -0.25) is 9.89 Å². The highest BCUT2D eigenvalue weighted by atomic mass is 16.5. The summed E-state index contributed by atoms with van der Waals surface area (Å²) >= 11 is 0. The van der Waals surface area contributed by atoms with E-state index in [-0.39, 0.29) is 5.91 Å².